The van der Waals surface area contributed by atoms with E-state index < -0.39 is 0 Å². The van der Waals surface area contributed by atoms with E-state index in [4.69, 9.17) is 4.74 Å². The quantitative estimate of drug-likeness (QED) is 0.523. The van der Waals surface area contributed by atoms with Crippen molar-refractivity contribution in [3.63, 3.8) is 0 Å². The van der Waals surface area contributed by atoms with Crippen LogP contribution in [0, 0.1) is 11.7 Å². The fourth-order valence-electron chi connectivity index (χ4n) is 5.13. The Hall–Kier alpha value is -1.05. The van der Waals surface area contributed by atoms with Crippen molar-refractivity contribution in [2.24, 2.45) is 5.92 Å². The van der Waals surface area contributed by atoms with Gasteiger partial charge < -0.3 is 4.74 Å². The number of hydrogen-bond acceptors (Lipinski definition) is 1. The van der Waals surface area contributed by atoms with Gasteiger partial charge in [0.05, 0.1) is 6.61 Å². The third-order valence-electron chi connectivity index (χ3n) is 6.47. The van der Waals surface area contributed by atoms with Gasteiger partial charge in [0, 0.05) is 5.56 Å². The average molecular weight is 347 g/mol. The van der Waals surface area contributed by atoms with Crippen molar-refractivity contribution in [1.82, 2.24) is 0 Å². The van der Waals surface area contributed by atoms with Crippen LogP contribution in [0.25, 0.3) is 0 Å². The molecule has 0 aromatic heterocycles. The van der Waals surface area contributed by atoms with E-state index in [9.17, 15) is 0 Å². The Labute approximate surface area is 153 Å². The lowest BCUT2D eigenvalue weighted by Gasteiger charge is -2.31. The molecule has 1 nitrogen and oxygen atoms in total. The smallest absolute Gasteiger partial charge is 0.133 e. The maximum atomic E-state index is 15.6. The molecule has 0 spiro atoms. The molecule has 0 N–H and O–H groups in total. The molecule has 0 amide bonds. The average Bonchev–Trinajstić information content (AvgIpc) is 2.64. The van der Waals surface area contributed by atoms with E-state index in [-0.39, 0.29) is 5.82 Å². The van der Waals surface area contributed by atoms with Gasteiger partial charge in [-0.25, -0.2) is 4.39 Å². The van der Waals surface area contributed by atoms with Gasteiger partial charge in [-0.2, -0.15) is 0 Å². The van der Waals surface area contributed by atoms with E-state index in [1.807, 2.05) is 13.0 Å². The first kappa shape index (κ1) is 18.7. The Bertz CT molecular complexity index is 539. The minimum absolute atomic E-state index is 0.0665. The fraction of sp³-hybridized carbons (Fsp3) is 0.739. The summed E-state index contributed by atoms with van der Waals surface area (Å²) in [7, 11) is 0. The lowest BCUT2D eigenvalue weighted by molar-refractivity contribution is 0.300. The van der Waals surface area contributed by atoms with Crippen LogP contribution in [0.2, 0.25) is 0 Å². The normalized spacial score (nSPS) is 25.1. The van der Waals surface area contributed by atoms with Gasteiger partial charge in [0.1, 0.15) is 11.6 Å². The standard InChI is InChI=1S/C23H35FO/c1-3-8-17-11-13-18(14-12-17)20-15-16-21(25-4-2)22(23(20)24)19-9-6-5-7-10-19/h15-19H,3-14H2,1-2H3. The van der Waals surface area contributed by atoms with Gasteiger partial charge in [-0.15, -0.1) is 0 Å². The molecule has 2 aliphatic carbocycles. The molecular weight excluding hydrogens is 311 g/mol. The van der Waals surface area contributed by atoms with Crippen LogP contribution in [-0.2, 0) is 0 Å². The predicted octanol–water partition coefficient (Wildman–Crippen LogP) is 7.35. The van der Waals surface area contributed by atoms with Crippen molar-refractivity contribution in [1.29, 1.82) is 0 Å². The van der Waals surface area contributed by atoms with Gasteiger partial charge in [-0.05, 0) is 74.8 Å². The van der Waals surface area contributed by atoms with Crippen LogP contribution in [0.1, 0.15) is 107 Å². The Morgan fingerprint density at radius 3 is 2.28 bits per heavy atom. The molecule has 2 heteroatoms. The summed E-state index contributed by atoms with van der Waals surface area (Å²) >= 11 is 0. The molecule has 2 aliphatic rings. The van der Waals surface area contributed by atoms with Gasteiger partial charge in [-0.3, -0.25) is 0 Å². The molecule has 2 fully saturated rings. The summed E-state index contributed by atoms with van der Waals surface area (Å²) in [6.45, 7) is 4.88. The zero-order valence-corrected chi connectivity index (χ0v) is 16.2. The maximum absolute atomic E-state index is 15.6. The number of rotatable bonds is 6. The second-order valence-corrected chi connectivity index (χ2v) is 8.15. The van der Waals surface area contributed by atoms with Crippen molar-refractivity contribution in [2.75, 3.05) is 6.61 Å². The molecule has 1 aromatic rings. The largest absolute Gasteiger partial charge is 0.493 e. The van der Waals surface area contributed by atoms with Gasteiger partial charge in [0.2, 0.25) is 0 Å². The van der Waals surface area contributed by atoms with Crippen LogP contribution in [0.5, 0.6) is 5.75 Å². The molecule has 25 heavy (non-hydrogen) atoms. The highest BCUT2D eigenvalue weighted by Crippen LogP contribution is 2.44. The van der Waals surface area contributed by atoms with Crippen molar-refractivity contribution in [3.05, 3.63) is 29.1 Å². The van der Waals surface area contributed by atoms with Gasteiger partial charge in [-0.1, -0.05) is 45.1 Å². The van der Waals surface area contributed by atoms with Crippen molar-refractivity contribution >= 4 is 0 Å². The zero-order valence-electron chi connectivity index (χ0n) is 16.2. The van der Waals surface area contributed by atoms with E-state index in [1.54, 1.807) is 0 Å². The third-order valence-corrected chi connectivity index (χ3v) is 6.47. The van der Waals surface area contributed by atoms with Crippen molar-refractivity contribution in [3.8, 4) is 5.75 Å². The first-order chi connectivity index (χ1) is 12.2. The van der Waals surface area contributed by atoms with E-state index in [0.29, 0.717) is 18.4 Å². The Balaban J connectivity index is 1.83. The molecule has 0 heterocycles. The molecule has 140 valence electrons. The molecule has 1 aromatic carbocycles. The predicted molar refractivity (Wildman–Crippen MR) is 103 cm³/mol. The van der Waals surface area contributed by atoms with Gasteiger partial charge in [0.25, 0.3) is 0 Å². The van der Waals surface area contributed by atoms with Crippen LogP contribution in [0.3, 0.4) is 0 Å². The molecule has 0 atom stereocenters. The van der Waals surface area contributed by atoms with Crippen LogP contribution < -0.4 is 4.74 Å². The molecule has 0 unspecified atom stereocenters. The van der Waals surface area contributed by atoms with Gasteiger partial charge in [0.15, 0.2) is 0 Å². The Kier molecular flexibility index (Phi) is 6.78. The number of benzene rings is 1. The summed E-state index contributed by atoms with van der Waals surface area (Å²) in [6.07, 6.45) is 13.4. The summed E-state index contributed by atoms with van der Waals surface area (Å²) in [5.74, 6) is 2.50. The minimum Gasteiger partial charge on any atom is -0.493 e. The first-order valence-electron chi connectivity index (χ1n) is 10.7. The van der Waals surface area contributed by atoms with E-state index >= 15 is 4.39 Å². The van der Waals surface area contributed by atoms with E-state index in [0.717, 1.165) is 48.5 Å². The molecule has 0 aliphatic heterocycles. The summed E-state index contributed by atoms with van der Waals surface area (Å²) in [5.41, 5.74) is 1.87. The second-order valence-electron chi connectivity index (χ2n) is 8.15. The topological polar surface area (TPSA) is 9.23 Å². The number of hydrogen-bond donors (Lipinski definition) is 0. The highest BCUT2D eigenvalue weighted by atomic mass is 19.1. The Morgan fingerprint density at radius 2 is 1.64 bits per heavy atom. The van der Waals surface area contributed by atoms with Gasteiger partial charge >= 0.3 is 0 Å². The zero-order chi connectivity index (χ0) is 17.6. The maximum Gasteiger partial charge on any atom is 0.133 e. The van der Waals surface area contributed by atoms with Crippen LogP contribution in [0.15, 0.2) is 12.1 Å². The summed E-state index contributed by atoms with van der Waals surface area (Å²) in [5, 5.41) is 0. The van der Waals surface area contributed by atoms with Crippen LogP contribution in [-0.4, -0.2) is 6.61 Å². The van der Waals surface area contributed by atoms with Crippen LogP contribution in [0.4, 0.5) is 4.39 Å². The molecule has 0 radical (unpaired) electrons. The fourth-order valence-corrected chi connectivity index (χ4v) is 5.13. The lowest BCUT2D eigenvalue weighted by atomic mass is 9.75. The lowest BCUT2D eigenvalue weighted by Crippen LogP contribution is -2.16. The highest BCUT2D eigenvalue weighted by Gasteiger charge is 2.29. The molecule has 0 saturated heterocycles. The van der Waals surface area contributed by atoms with E-state index in [2.05, 4.69) is 13.0 Å². The van der Waals surface area contributed by atoms with E-state index in [1.165, 1.54) is 44.9 Å². The summed E-state index contributed by atoms with van der Waals surface area (Å²) < 4.78 is 21.4. The van der Waals surface area contributed by atoms with Crippen molar-refractivity contribution in [2.45, 2.75) is 96.3 Å². The summed E-state index contributed by atoms with van der Waals surface area (Å²) in [4.78, 5) is 0. The summed E-state index contributed by atoms with van der Waals surface area (Å²) in [6, 6.07) is 4.08. The number of ether oxygens (including phenoxy) is 1. The molecule has 0 bridgehead atoms. The second kappa shape index (κ2) is 9.05. The monoisotopic (exact) mass is 346 g/mol. The molecular formula is C23H35FO. The molecule has 3 rings (SSSR count). The number of halogens is 1. The Morgan fingerprint density at radius 1 is 0.920 bits per heavy atom. The first-order valence-corrected chi connectivity index (χ1v) is 10.7. The highest BCUT2D eigenvalue weighted by molar-refractivity contribution is 5.43. The van der Waals surface area contributed by atoms with Crippen LogP contribution >= 0.6 is 0 Å². The van der Waals surface area contributed by atoms with Crippen molar-refractivity contribution < 1.29 is 9.13 Å². The minimum atomic E-state index is 0.0665. The molecule has 2 saturated carbocycles. The SMILES string of the molecule is CCCC1CCC(c2ccc(OCC)c(C3CCCCC3)c2F)CC1. The third kappa shape index (κ3) is 4.38.